The molecule has 0 aliphatic heterocycles. The van der Waals surface area contributed by atoms with E-state index in [-0.39, 0.29) is 0 Å². The topological polar surface area (TPSA) is 17.8 Å². The van der Waals surface area contributed by atoms with E-state index in [2.05, 4.69) is 9.55 Å². The minimum absolute atomic E-state index is 0.758. The van der Waals surface area contributed by atoms with Gasteiger partial charge < -0.3 is 4.57 Å². The molecule has 0 fully saturated rings. The standard InChI is InChI=1S/C8H13ClN2/c1-8-10-5-7-11(8)6-3-2-4-9/h5,7H,2-4,6H2,1H3. The smallest absolute Gasteiger partial charge is 0.105 e. The second kappa shape index (κ2) is 4.39. The highest BCUT2D eigenvalue weighted by atomic mass is 35.5. The normalized spacial score (nSPS) is 10.4. The molecule has 0 amide bonds. The van der Waals surface area contributed by atoms with Gasteiger partial charge in [-0.2, -0.15) is 0 Å². The highest BCUT2D eigenvalue weighted by Crippen LogP contribution is 2.00. The summed E-state index contributed by atoms with van der Waals surface area (Å²) in [5.74, 6) is 1.84. The molecule has 0 bridgehead atoms. The van der Waals surface area contributed by atoms with Crippen molar-refractivity contribution in [2.45, 2.75) is 26.3 Å². The number of halogens is 1. The number of aromatic nitrogens is 2. The van der Waals surface area contributed by atoms with E-state index in [0.29, 0.717) is 0 Å². The monoisotopic (exact) mass is 172 g/mol. The highest BCUT2D eigenvalue weighted by molar-refractivity contribution is 6.17. The van der Waals surface area contributed by atoms with Gasteiger partial charge in [-0.05, 0) is 19.8 Å². The molecule has 0 aliphatic rings. The first kappa shape index (κ1) is 8.60. The molecule has 1 heterocycles. The van der Waals surface area contributed by atoms with E-state index >= 15 is 0 Å². The maximum Gasteiger partial charge on any atom is 0.105 e. The molecule has 0 N–H and O–H groups in total. The maximum absolute atomic E-state index is 5.56. The second-order valence-electron chi connectivity index (χ2n) is 2.56. The first-order valence-electron chi connectivity index (χ1n) is 3.88. The van der Waals surface area contributed by atoms with Crippen LogP contribution in [0.2, 0.25) is 0 Å². The summed E-state index contributed by atoms with van der Waals surface area (Å²) in [5.41, 5.74) is 0. The number of unbranched alkanes of at least 4 members (excludes halogenated alkanes) is 1. The van der Waals surface area contributed by atoms with Crippen LogP contribution in [0, 0.1) is 6.92 Å². The minimum atomic E-state index is 0.758. The van der Waals surface area contributed by atoms with E-state index < -0.39 is 0 Å². The van der Waals surface area contributed by atoms with E-state index in [1.807, 2.05) is 19.3 Å². The molecule has 1 aromatic rings. The lowest BCUT2D eigenvalue weighted by atomic mass is 10.3. The van der Waals surface area contributed by atoms with Crippen LogP contribution >= 0.6 is 11.6 Å². The Kier molecular flexibility index (Phi) is 3.43. The molecule has 0 aliphatic carbocycles. The Morgan fingerprint density at radius 2 is 2.36 bits per heavy atom. The number of imidazole rings is 1. The summed E-state index contributed by atoms with van der Waals surface area (Å²) in [7, 11) is 0. The van der Waals surface area contributed by atoms with Gasteiger partial charge in [-0.3, -0.25) is 0 Å². The maximum atomic E-state index is 5.56. The fourth-order valence-corrected chi connectivity index (χ4v) is 1.21. The number of hydrogen-bond acceptors (Lipinski definition) is 1. The van der Waals surface area contributed by atoms with Gasteiger partial charge in [0.1, 0.15) is 5.82 Å². The molecule has 0 aromatic carbocycles. The summed E-state index contributed by atoms with van der Waals surface area (Å²) >= 11 is 5.56. The van der Waals surface area contributed by atoms with Crippen molar-refractivity contribution < 1.29 is 0 Å². The molecular formula is C8H13ClN2. The van der Waals surface area contributed by atoms with E-state index in [0.717, 1.165) is 31.1 Å². The van der Waals surface area contributed by atoms with Crippen molar-refractivity contribution in [1.82, 2.24) is 9.55 Å². The van der Waals surface area contributed by atoms with E-state index in [1.54, 1.807) is 0 Å². The first-order chi connectivity index (χ1) is 5.34. The van der Waals surface area contributed by atoms with Gasteiger partial charge in [-0.1, -0.05) is 0 Å². The van der Waals surface area contributed by atoms with Crippen molar-refractivity contribution in [3.05, 3.63) is 18.2 Å². The molecule has 1 rings (SSSR count). The zero-order valence-electron chi connectivity index (χ0n) is 6.76. The summed E-state index contributed by atoms with van der Waals surface area (Å²) < 4.78 is 2.15. The predicted octanol–water partition coefficient (Wildman–Crippen LogP) is 2.21. The van der Waals surface area contributed by atoms with Crippen molar-refractivity contribution >= 4 is 11.6 Å². The average molecular weight is 173 g/mol. The molecule has 1 aromatic heterocycles. The number of hydrogen-bond donors (Lipinski definition) is 0. The lowest BCUT2D eigenvalue weighted by Crippen LogP contribution is -1.98. The van der Waals surface area contributed by atoms with Gasteiger partial charge >= 0.3 is 0 Å². The largest absolute Gasteiger partial charge is 0.335 e. The van der Waals surface area contributed by atoms with Crippen LogP contribution in [-0.4, -0.2) is 15.4 Å². The van der Waals surface area contributed by atoms with Crippen LogP contribution in [0.15, 0.2) is 12.4 Å². The second-order valence-corrected chi connectivity index (χ2v) is 2.94. The van der Waals surface area contributed by atoms with Gasteiger partial charge in [0.15, 0.2) is 0 Å². The molecule has 62 valence electrons. The molecule has 0 saturated carbocycles. The highest BCUT2D eigenvalue weighted by Gasteiger charge is 1.94. The molecule has 0 spiro atoms. The SMILES string of the molecule is Cc1nccn1CCCCCl. The number of aryl methyl sites for hydroxylation is 2. The number of nitrogens with zero attached hydrogens (tertiary/aromatic N) is 2. The van der Waals surface area contributed by atoms with Crippen LogP contribution in [0.25, 0.3) is 0 Å². The summed E-state index contributed by atoms with van der Waals surface area (Å²) in [6, 6.07) is 0. The van der Waals surface area contributed by atoms with Crippen molar-refractivity contribution in [1.29, 1.82) is 0 Å². The lowest BCUT2D eigenvalue weighted by Gasteiger charge is -2.02. The first-order valence-corrected chi connectivity index (χ1v) is 4.41. The number of rotatable bonds is 4. The fourth-order valence-electron chi connectivity index (χ4n) is 1.02. The Balaban J connectivity index is 2.32. The van der Waals surface area contributed by atoms with E-state index in [9.17, 15) is 0 Å². The number of alkyl halides is 1. The third-order valence-electron chi connectivity index (χ3n) is 1.71. The molecule has 3 heteroatoms. The molecule has 11 heavy (non-hydrogen) atoms. The summed E-state index contributed by atoms with van der Waals surface area (Å²) in [6.07, 6.45) is 6.06. The van der Waals surface area contributed by atoms with Crippen LogP contribution in [-0.2, 0) is 6.54 Å². The van der Waals surface area contributed by atoms with Crippen LogP contribution in [0.4, 0.5) is 0 Å². The average Bonchev–Trinajstić information content (AvgIpc) is 2.37. The van der Waals surface area contributed by atoms with Crippen molar-refractivity contribution in [2.24, 2.45) is 0 Å². The molecular weight excluding hydrogens is 160 g/mol. The molecule has 2 nitrogen and oxygen atoms in total. The summed E-state index contributed by atoms with van der Waals surface area (Å²) in [6.45, 7) is 3.05. The zero-order valence-corrected chi connectivity index (χ0v) is 7.51. The van der Waals surface area contributed by atoms with E-state index in [4.69, 9.17) is 11.6 Å². The molecule has 0 atom stereocenters. The van der Waals surface area contributed by atoms with Gasteiger partial charge in [0.2, 0.25) is 0 Å². The van der Waals surface area contributed by atoms with Crippen molar-refractivity contribution in [3.63, 3.8) is 0 Å². The third kappa shape index (κ3) is 2.54. The summed E-state index contributed by atoms with van der Waals surface area (Å²) in [5, 5.41) is 0. The molecule has 0 unspecified atom stereocenters. The van der Waals surface area contributed by atoms with Gasteiger partial charge in [0, 0.05) is 24.8 Å². The minimum Gasteiger partial charge on any atom is -0.335 e. The van der Waals surface area contributed by atoms with E-state index in [1.165, 1.54) is 0 Å². The lowest BCUT2D eigenvalue weighted by molar-refractivity contribution is 0.618. The van der Waals surface area contributed by atoms with Gasteiger partial charge in [0.25, 0.3) is 0 Å². The third-order valence-corrected chi connectivity index (χ3v) is 1.97. The predicted molar refractivity (Wildman–Crippen MR) is 46.9 cm³/mol. The van der Waals surface area contributed by atoms with Crippen LogP contribution in [0.3, 0.4) is 0 Å². The van der Waals surface area contributed by atoms with Crippen LogP contribution in [0.1, 0.15) is 18.7 Å². The van der Waals surface area contributed by atoms with Crippen LogP contribution in [0.5, 0.6) is 0 Å². The Bertz CT molecular complexity index is 208. The Morgan fingerprint density at radius 1 is 1.55 bits per heavy atom. The van der Waals surface area contributed by atoms with Crippen LogP contribution < -0.4 is 0 Å². The summed E-state index contributed by atoms with van der Waals surface area (Å²) in [4.78, 5) is 4.13. The molecule has 0 radical (unpaired) electrons. The Hall–Kier alpha value is -0.500. The zero-order chi connectivity index (χ0) is 8.10. The Morgan fingerprint density at radius 3 is 2.91 bits per heavy atom. The quantitative estimate of drug-likeness (QED) is 0.503. The van der Waals surface area contributed by atoms with Crippen molar-refractivity contribution in [3.8, 4) is 0 Å². The Labute approximate surface area is 72.2 Å². The molecule has 0 saturated heterocycles. The van der Waals surface area contributed by atoms with Gasteiger partial charge in [-0.25, -0.2) is 4.98 Å². The van der Waals surface area contributed by atoms with Gasteiger partial charge in [-0.15, -0.1) is 11.6 Å². The fraction of sp³-hybridized carbons (Fsp3) is 0.625. The van der Waals surface area contributed by atoms with Gasteiger partial charge in [0.05, 0.1) is 0 Å². The van der Waals surface area contributed by atoms with Crippen molar-refractivity contribution in [2.75, 3.05) is 5.88 Å².